The van der Waals surface area contributed by atoms with Crippen molar-refractivity contribution in [2.45, 2.75) is 38.8 Å². The van der Waals surface area contributed by atoms with E-state index in [-0.39, 0.29) is 29.7 Å². The van der Waals surface area contributed by atoms with Gasteiger partial charge in [-0.3, -0.25) is 14.4 Å². The van der Waals surface area contributed by atoms with Gasteiger partial charge in [0.15, 0.2) is 0 Å². The summed E-state index contributed by atoms with van der Waals surface area (Å²) in [6, 6.07) is 19.5. The summed E-state index contributed by atoms with van der Waals surface area (Å²) in [4.78, 5) is 41.0. The number of hydrogen-bond donors (Lipinski definition) is 1. The number of likely N-dealkylation sites (tertiary alicyclic amines) is 1. The smallest absolute Gasteiger partial charge is 0.227 e. The molecular weight excluding hydrogens is 390 g/mol. The molecule has 2 aromatic rings. The molecule has 0 spiro atoms. The molecule has 0 radical (unpaired) electrons. The van der Waals surface area contributed by atoms with E-state index in [1.807, 2.05) is 65.6 Å². The van der Waals surface area contributed by atoms with Crippen molar-refractivity contribution in [1.82, 2.24) is 15.1 Å². The first-order valence-corrected chi connectivity index (χ1v) is 10.8. The molecule has 3 rings (SSSR count). The van der Waals surface area contributed by atoms with Crippen LogP contribution in [0.5, 0.6) is 0 Å². The summed E-state index contributed by atoms with van der Waals surface area (Å²) < 4.78 is 0. The van der Waals surface area contributed by atoms with Gasteiger partial charge in [-0.15, -0.1) is 0 Å². The van der Waals surface area contributed by atoms with Gasteiger partial charge in [-0.2, -0.15) is 0 Å². The molecule has 2 aromatic carbocycles. The van der Waals surface area contributed by atoms with Crippen LogP contribution in [0.3, 0.4) is 0 Å². The number of nitrogens with one attached hydrogen (secondary N) is 1. The molecule has 1 aliphatic heterocycles. The van der Waals surface area contributed by atoms with Crippen LogP contribution < -0.4 is 5.32 Å². The van der Waals surface area contributed by atoms with Crippen LogP contribution in [0.15, 0.2) is 60.7 Å². The first-order chi connectivity index (χ1) is 15.0. The van der Waals surface area contributed by atoms with Gasteiger partial charge in [-0.1, -0.05) is 60.7 Å². The summed E-state index contributed by atoms with van der Waals surface area (Å²) in [5.74, 6) is -0.243. The van der Waals surface area contributed by atoms with Crippen molar-refractivity contribution in [2.24, 2.45) is 5.92 Å². The van der Waals surface area contributed by atoms with Crippen molar-refractivity contribution in [3.63, 3.8) is 0 Å². The first-order valence-electron chi connectivity index (χ1n) is 10.8. The molecule has 1 fully saturated rings. The molecular formula is C25H31N3O3. The van der Waals surface area contributed by atoms with Gasteiger partial charge in [0.05, 0.1) is 12.0 Å². The summed E-state index contributed by atoms with van der Waals surface area (Å²) in [5, 5.41) is 2.76. The second-order valence-electron chi connectivity index (χ2n) is 8.10. The number of rotatable bonds is 8. The largest absolute Gasteiger partial charge is 0.356 e. The van der Waals surface area contributed by atoms with E-state index >= 15 is 0 Å². The lowest BCUT2D eigenvalue weighted by molar-refractivity contribution is -0.148. The van der Waals surface area contributed by atoms with Crippen LogP contribution in [0, 0.1) is 5.92 Å². The van der Waals surface area contributed by atoms with Gasteiger partial charge in [-0.05, 0) is 24.0 Å². The Labute approximate surface area is 184 Å². The van der Waals surface area contributed by atoms with Crippen LogP contribution in [-0.2, 0) is 20.9 Å². The predicted octanol–water partition coefficient (Wildman–Crippen LogP) is 3.15. The lowest BCUT2D eigenvalue weighted by Gasteiger charge is -2.42. The Kier molecular flexibility index (Phi) is 7.82. The minimum atomic E-state index is -0.298. The van der Waals surface area contributed by atoms with Crippen molar-refractivity contribution in [1.29, 1.82) is 0 Å². The van der Waals surface area contributed by atoms with Crippen molar-refractivity contribution < 1.29 is 14.4 Å². The quantitative estimate of drug-likeness (QED) is 0.666. The van der Waals surface area contributed by atoms with Gasteiger partial charge < -0.3 is 15.1 Å². The lowest BCUT2D eigenvalue weighted by atomic mass is 9.83. The van der Waals surface area contributed by atoms with Crippen molar-refractivity contribution in [3.05, 3.63) is 71.8 Å². The zero-order chi connectivity index (χ0) is 22.2. The highest BCUT2D eigenvalue weighted by Gasteiger charge is 2.41. The lowest BCUT2D eigenvalue weighted by Crippen LogP contribution is -2.48. The molecule has 2 atom stereocenters. The highest BCUT2D eigenvalue weighted by molar-refractivity contribution is 5.85. The maximum atomic E-state index is 13.4. The standard InChI is InChI=1S/C25H31N3O3/c1-19(29)26-16-9-17-27(2)25(31)22-14-15-23(30)28(18-20-10-5-3-6-11-20)24(22)21-12-7-4-8-13-21/h3-8,10-13,22,24H,9,14-18H2,1-2H3,(H,26,29). The van der Waals surface area contributed by atoms with Gasteiger partial charge in [0.1, 0.15) is 0 Å². The van der Waals surface area contributed by atoms with E-state index in [4.69, 9.17) is 0 Å². The SMILES string of the molecule is CC(=O)NCCCN(C)C(=O)C1CCC(=O)N(Cc2ccccc2)C1c1ccccc1. The van der Waals surface area contributed by atoms with Crippen LogP contribution >= 0.6 is 0 Å². The number of nitrogens with zero attached hydrogens (tertiary/aromatic N) is 2. The van der Waals surface area contributed by atoms with E-state index in [9.17, 15) is 14.4 Å². The van der Waals surface area contributed by atoms with Crippen LogP contribution in [0.25, 0.3) is 0 Å². The topological polar surface area (TPSA) is 69.7 Å². The van der Waals surface area contributed by atoms with E-state index in [1.165, 1.54) is 6.92 Å². The van der Waals surface area contributed by atoms with Gasteiger partial charge in [0, 0.05) is 40.0 Å². The number of piperidine rings is 1. The first kappa shape index (κ1) is 22.5. The molecule has 0 aliphatic carbocycles. The minimum absolute atomic E-state index is 0.0437. The molecule has 0 saturated carbocycles. The Morgan fingerprint density at radius 3 is 2.35 bits per heavy atom. The molecule has 1 N–H and O–H groups in total. The van der Waals surface area contributed by atoms with Crippen molar-refractivity contribution in [3.8, 4) is 0 Å². The molecule has 3 amide bonds. The van der Waals surface area contributed by atoms with Crippen molar-refractivity contribution >= 4 is 17.7 Å². The second kappa shape index (κ2) is 10.8. The Hall–Kier alpha value is -3.15. The summed E-state index contributed by atoms with van der Waals surface area (Å²) in [6.07, 6.45) is 1.60. The van der Waals surface area contributed by atoms with E-state index in [1.54, 1.807) is 11.9 Å². The monoisotopic (exact) mass is 421 g/mol. The molecule has 6 heteroatoms. The Bertz CT molecular complexity index is 885. The van der Waals surface area contributed by atoms with E-state index in [0.717, 1.165) is 11.1 Å². The Morgan fingerprint density at radius 2 is 1.71 bits per heavy atom. The fraction of sp³-hybridized carbons (Fsp3) is 0.400. The van der Waals surface area contributed by atoms with E-state index in [0.29, 0.717) is 38.9 Å². The zero-order valence-corrected chi connectivity index (χ0v) is 18.3. The molecule has 1 heterocycles. The fourth-order valence-corrected chi connectivity index (χ4v) is 4.21. The third-order valence-electron chi connectivity index (χ3n) is 5.78. The Morgan fingerprint density at radius 1 is 1.06 bits per heavy atom. The number of benzene rings is 2. The third kappa shape index (κ3) is 5.94. The number of hydrogen-bond acceptors (Lipinski definition) is 3. The average molecular weight is 422 g/mol. The number of amides is 3. The van der Waals surface area contributed by atoms with Crippen LogP contribution in [-0.4, -0.2) is 47.7 Å². The molecule has 31 heavy (non-hydrogen) atoms. The highest BCUT2D eigenvalue weighted by Crippen LogP contribution is 2.38. The molecule has 0 bridgehead atoms. The summed E-state index contributed by atoms with van der Waals surface area (Å²) >= 11 is 0. The molecule has 6 nitrogen and oxygen atoms in total. The number of carbonyl (C=O) groups is 3. The highest BCUT2D eigenvalue weighted by atomic mass is 16.2. The van der Waals surface area contributed by atoms with Gasteiger partial charge in [0.2, 0.25) is 17.7 Å². The summed E-state index contributed by atoms with van der Waals surface area (Å²) in [7, 11) is 1.80. The maximum absolute atomic E-state index is 13.4. The second-order valence-corrected chi connectivity index (χ2v) is 8.10. The normalized spacial score (nSPS) is 18.5. The summed E-state index contributed by atoms with van der Waals surface area (Å²) in [6.45, 7) is 3.07. The predicted molar refractivity (Wildman–Crippen MR) is 120 cm³/mol. The molecule has 2 unspecified atom stereocenters. The third-order valence-corrected chi connectivity index (χ3v) is 5.78. The van der Waals surface area contributed by atoms with E-state index < -0.39 is 0 Å². The van der Waals surface area contributed by atoms with Gasteiger partial charge in [0.25, 0.3) is 0 Å². The van der Waals surface area contributed by atoms with Crippen LogP contribution in [0.4, 0.5) is 0 Å². The average Bonchev–Trinajstić information content (AvgIpc) is 2.78. The van der Waals surface area contributed by atoms with Gasteiger partial charge >= 0.3 is 0 Å². The van der Waals surface area contributed by atoms with Crippen molar-refractivity contribution in [2.75, 3.05) is 20.1 Å². The molecule has 164 valence electrons. The van der Waals surface area contributed by atoms with Crippen LogP contribution in [0.1, 0.15) is 43.4 Å². The number of carbonyl (C=O) groups excluding carboxylic acids is 3. The van der Waals surface area contributed by atoms with Crippen LogP contribution in [0.2, 0.25) is 0 Å². The molecule has 0 aromatic heterocycles. The molecule has 1 aliphatic rings. The Balaban J connectivity index is 1.81. The molecule has 1 saturated heterocycles. The van der Waals surface area contributed by atoms with Gasteiger partial charge in [-0.25, -0.2) is 0 Å². The maximum Gasteiger partial charge on any atom is 0.227 e. The fourth-order valence-electron chi connectivity index (χ4n) is 4.21. The summed E-state index contributed by atoms with van der Waals surface area (Å²) in [5.41, 5.74) is 2.03. The zero-order valence-electron chi connectivity index (χ0n) is 18.3. The van der Waals surface area contributed by atoms with E-state index in [2.05, 4.69) is 5.32 Å². The minimum Gasteiger partial charge on any atom is -0.356 e.